The molecule has 2 heteroatoms. The van der Waals surface area contributed by atoms with Crippen LogP contribution in [0.5, 0.6) is 0 Å². The van der Waals surface area contributed by atoms with E-state index in [0.29, 0.717) is 5.92 Å². The third kappa shape index (κ3) is 2.94. The van der Waals surface area contributed by atoms with Crippen molar-refractivity contribution in [3.63, 3.8) is 0 Å². The monoisotopic (exact) mass is 120 g/mol. The predicted octanol–water partition coefficient (Wildman–Crippen LogP) is 0.933. The minimum atomic E-state index is -0.211. The van der Waals surface area contributed by atoms with Crippen molar-refractivity contribution in [3.05, 3.63) is 0 Å². The molecule has 2 atom stereocenters. The topological polar surface area (TPSA) is 20.2 Å². The van der Waals surface area contributed by atoms with Crippen LogP contribution in [0.15, 0.2) is 0 Å². The third-order valence-corrected chi connectivity index (χ3v) is 1.69. The summed E-state index contributed by atoms with van der Waals surface area (Å²) in [5.41, 5.74) is 0. The molecule has 0 fully saturated rings. The van der Waals surface area contributed by atoms with Gasteiger partial charge in [0.1, 0.15) is 0 Å². The summed E-state index contributed by atoms with van der Waals surface area (Å²) >= 11 is 3.99. The molecule has 0 aromatic heterocycles. The molecule has 1 nitrogen and oxygen atoms in total. The quantitative estimate of drug-likeness (QED) is 0.519. The maximum atomic E-state index is 8.77. The summed E-state index contributed by atoms with van der Waals surface area (Å²) in [5.74, 6) is 1.08. The zero-order valence-electron chi connectivity index (χ0n) is 4.76. The Labute approximate surface area is 50.1 Å². The van der Waals surface area contributed by atoms with Crippen LogP contribution >= 0.6 is 12.6 Å². The highest BCUT2D eigenvalue weighted by Crippen LogP contribution is 2.02. The van der Waals surface area contributed by atoms with Crippen molar-refractivity contribution in [2.24, 2.45) is 5.92 Å². The Morgan fingerprint density at radius 2 is 2.00 bits per heavy atom. The van der Waals surface area contributed by atoms with E-state index in [2.05, 4.69) is 12.6 Å². The molecule has 0 spiro atoms. The van der Waals surface area contributed by atoms with Crippen molar-refractivity contribution in [1.29, 1.82) is 0 Å². The van der Waals surface area contributed by atoms with E-state index in [9.17, 15) is 0 Å². The Morgan fingerprint density at radius 3 is 2.00 bits per heavy atom. The van der Waals surface area contributed by atoms with Gasteiger partial charge in [0.2, 0.25) is 0 Å². The smallest absolute Gasteiger partial charge is 0.0545 e. The van der Waals surface area contributed by atoms with Gasteiger partial charge in [-0.05, 0) is 18.6 Å². The lowest BCUT2D eigenvalue weighted by atomic mass is 10.1. The Morgan fingerprint density at radius 1 is 1.57 bits per heavy atom. The molecule has 0 aromatic rings. The molecule has 0 saturated carbocycles. The molecule has 0 aliphatic rings. The summed E-state index contributed by atoms with van der Waals surface area (Å²) in [5, 5.41) is 8.77. The second-order valence-electron chi connectivity index (χ2n) is 1.90. The molecule has 0 heterocycles. The van der Waals surface area contributed by atoms with E-state index in [1.165, 1.54) is 0 Å². The average Bonchev–Trinajstić information content (AvgIpc) is 1.65. The first-order valence-electron chi connectivity index (χ1n) is 2.47. The first-order valence-corrected chi connectivity index (χ1v) is 3.10. The van der Waals surface area contributed by atoms with Gasteiger partial charge < -0.3 is 5.11 Å². The lowest BCUT2D eigenvalue weighted by molar-refractivity contribution is 0.147. The van der Waals surface area contributed by atoms with E-state index in [-0.39, 0.29) is 6.10 Å². The molecule has 44 valence electrons. The molecule has 0 bridgehead atoms. The second-order valence-corrected chi connectivity index (χ2v) is 2.27. The minimum Gasteiger partial charge on any atom is -0.393 e. The van der Waals surface area contributed by atoms with Crippen molar-refractivity contribution < 1.29 is 5.11 Å². The Kier molecular flexibility index (Phi) is 3.48. The van der Waals surface area contributed by atoms with Gasteiger partial charge in [0.25, 0.3) is 0 Å². The van der Waals surface area contributed by atoms with Crippen LogP contribution in [0.25, 0.3) is 0 Å². The predicted molar refractivity (Wildman–Crippen MR) is 34.7 cm³/mol. The van der Waals surface area contributed by atoms with Crippen molar-refractivity contribution in [2.45, 2.75) is 20.0 Å². The number of rotatable bonds is 2. The molecule has 1 N–H and O–H groups in total. The normalized spacial score (nSPS) is 18.9. The SMILES string of the molecule is C[C@@H](O)[C@@H](C)CS. The Balaban J connectivity index is 3.14. The molecule has 0 rings (SSSR count). The molecule has 0 amide bonds. The van der Waals surface area contributed by atoms with E-state index in [0.717, 1.165) is 5.75 Å². The second kappa shape index (κ2) is 3.33. The Hall–Kier alpha value is 0.310. The minimum absolute atomic E-state index is 0.211. The van der Waals surface area contributed by atoms with E-state index in [1.54, 1.807) is 6.92 Å². The summed E-state index contributed by atoms with van der Waals surface area (Å²) in [6, 6.07) is 0. The van der Waals surface area contributed by atoms with Gasteiger partial charge in [-0.1, -0.05) is 6.92 Å². The van der Waals surface area contributed by atoms with E-state index in [4.69, 9.17) is 5.11 Å². The molecule has 0 aliphatic heterocycles. The van der Waals surface area contributed by atoms with Crippen LogP contribution in [0.4, 0.5) is 0 Å². The molecular weight excluding hydrogens is 108 g/mol. The zero-order valence-corrected chi connectivity index (χ0v) is 5.65. The highest BCUT2D eigenvalue weighted by Gasteiger charge is 2.03. The number of hydrogen-bond donors (Lipinski definition) is 2. The van der Waals surface area contributed by atoms with Gasteiger partial charge in [-0.15, -0.1) is 0 Å². The molecule has 7 heavy (non-hydrogen) atoms. The number of aliphatic hydroxyl groups is 1. The maximum absolute atomic E-state index is 8.77. The molecular formula is C5H12OS. The summed E-state index contributed by atoms with van der Waals surface area (Å²) in [7, 11) is 0. The fourth-order valence-electron chi connectivity index (χ4n) is 0.153. The zero-order chi connectivity index (χ0) is 5.86. The summed E-state index contributed by atoms with van der Waals surface area (Å²) in [6.07, 6.45) is -0.211. The van der Waals surface area contributed by atoms with Gasteiger partial charge >= 0.3 is 0 Å². The van der Waals surface area contributed by atoms with E-state index >= 15 is 0 Å². The summed E-state index contributed by atoms with van der Waals surface area (Å²) < 4.78 is 0. The van der Waals surface area contributed by atoms with Crippen LogP contribution in [0, 0.1) is 5.92 Å². The van der Waals surface area contributed by atoms with Crippen LogP contribution in [-0.2, 0) is 0 Å². The van der Waals surface area contributed by atoms with Crippen LogP contribution < -0.4 is 0 Å². The van der Waals surface area contributed by atoms with Crippen LogP contribution in [0.2, 0.25) is 0 Å². The Bertz CT molecular complexity index is 45.3. The van der Waals surface area contributed by atoms with Gasteiger partial charge in [0.15, 0.2) is 0 Å². The summed E-state index contributed by atoms with van der Waals surface area (Å²) in [6.45, 7) is 3.75. The van der Waals surface area contributed by atoms with Gasteiger partial charge in [0.05, 0.1) is 6.10 Å². The number of aliphatic hydroxyl groups excluding tert-OH is 1. The number of hydrogen-bond acceptors (Lipinski definition) is 2. The maximum Gasteiger partial charge on any atom is 0.0545 e. The van der Waals surface area contributed by atoms with Gasteiger partial charge in [-0.3, -0.25) is 0 Å². The van der Waals surface area contributed by atoms with Gasteiger partial charge in [0, 0.05) is 0 Å². The van der Waals surface area contributed by atoms with Crippen molar-refractivity contribution >= 4 is 12.6 Å². The van der Waals surface area contributed by atoms with Crippen molar-refractivity contribution in [2.75, 3.05) is 5.75 Å². The standard InChI is InChI=1S/C5H12OS/c1-4(3-7)5(2)6/h4-7H,3H2,1-2H3/t4-,5+/m0/s1. The van der Waals surface area contributed by atoms with Crippen molar-refractivity contribution in [1.82, 2.24) is 0 Å². The molecule has 0 saturated heterocycles. The molecule has 0 aromatic carbocycles. The first-order chi connectivity index (χ1) is 3.18. The van der Waals surface area contributed by atoms with E-state index < -0.39 is 0 Å². The van der Waals surface area contributed by atoms with Crippen LogP contribution in [0.3, 0.4) is 0 Å². The highest BCUT2D eigenvalue weighted by molar-refractivity contribution is 7.80. The largest absolute Gasteiger partial charge is 0.393 e. The van der Waals surface area contributed by atoms with Crippen LogP contribution in [-0.4, -0.2) is 17.0 Å². The summed E-state index contributed by atoms with van der Waals surface area (Å²) in [4.78, 5) is 0. The van der Waals surface area contributed by atoms with Crippen LogP contribution in [0.1, 0.15) is 13.8 Å². The lowest BCUT2D eigenvalue weighted by Gasteiger charge is -2.09. The van der Waals surface area contributed by atoms with Crippen molar-refractivity contribution in [3.8, 4) is 0 Å². The molecule has 0 radical (unpaired) electrons. The fourth-order valence-corrected chi connectivity index (χ4v) is 0.458. The third-order valence-electron chi connectivity index (χ3n) is 1.11. The fraction of sp³-hybridized carbons (Fsp3) is 1.00. The number of thiol groups is 1. The average molecular weight is 120 g/mol. The first kappa shape index (κ1) is 7.31. The lowest BCUT2D eigenvalue weighted by Crippen LogP contribution is -2.13. The molecule has 0 aliphatic carbocycles. The van der Waals surface area contributed by atoms with Gasteiger partial charge in [-0.2, -0.15) is 12.6 Å². The molecule has 0 unspecified atom stereocenters. The highest BCUT2D eigenvalue weighted by atomic mass is 32.1. The van der Waals surface area contributed by atoms with Gasteiger partial charge in [-0.25, -0.2) is 0 Å². The van der Waals surface area contributed by atoms with E-state index in [1.807, 2.05) is 6.92 Å².